The van der Waals surface area contributed by atoms with Crippen LogP contribution in [0.1, 0.15) is 32.6 Å². The molecule has 1 saturated carbocycles. The molecule has 2 aliphatic heterocycles. The molecule has 0 radical (unpaired) electrons. The summed E-state index contributed by atoms with van der Waals surface area (Å²) in [6, 6.07) is 0.547. The van der Waals surface area contributed by atoms with Crippen LogP contribution in [0.25, 0.3) is 0 Å². The molecule has 2 N–H and O–H groups in total. The summed E-state index contributed by atoms with van der Waals surface area (Å²) in [5.41, 5.74) is 0. The van der Waals surface area contributed by atoms with E-state index in [1.807, 2.05) is 0 Å². The molecule has 4 nitrogen and oxygen atoms in total. The van der Waals surface area contributed by atoms with Gasteiger partial charge >= 0.3 is 0 Å². The number of likely N-dealkylation sites (tertiary alicyclic amines) is 1. The van der Waals surface area contributed by atoms with Crippen molar-refractivity contribution in [3.63, 3.8) is 0 Å². The molecule has 0 spiro atoms. The topological polar surface area (TPSA) is 54.0 Å². The van der Waals surface area contributed by atoms with Gasteiger partial charge in [-0.05, 0) is 19.3 Å². The highest BCUT2D eigenvalue weighted by Gasteiger charge is 2.56. The Hall–Kier alpha value is -0.610. The number of amides is 2. The normalized spacial score (nSPS) is 35.7. The molecule has 0 aromatic rings. The van der Waals surface area contributed by atoms with Crippen molar-refractivity contribution in [3.05, 3.63) is 0 Å². The third-order valence-electron chi connectivity index (χ3n) is 4.30. The SMILES string of the molecule is CC[C@@H]1C(=O)N(C(=O)C2CC2)[C@H]2CC[NH2+][C@H]12.[Cl-]. The van der Waals surface area contributed by atoms with Gasteiger partial charge in [-0.2, -0.15) is 0 Å². The number of halogens is 1. The van der Waals surface area contributed by atoms with Crippen LogP contribution in [0.5, 0.6) is 0 Å². The zero-order chi connectivity index (χ0) is 11.3. The number of rotatable bonds is 2. The number of hydrogen-bond acceptors (Lipinski definition) is 2. The Kier molecular flexibility index (Phi) is 3.46. The fourth-order valence-corrected chi connectivity index (χ4v) is 3.30. The molecular formula is C12H19ClN2O2. The van der Waals surface area contributed by atoms with Crippen molar-refractivity contribution >= 4 is 11.8 Å². The molecule has 0 bridgehead atoms. The minimum absolute atomic E-state index is 0. The molecule has 2 heterocycles. The molecule has 2 amide bonds. The lowest BCUT2D eigenvalue weighted by atomic mass is 9.97. The number of fused-ring (bicyclic) bond motifs is 1. The maximum absolute atomic E-state index is 12.2. The van der Waals surface area contributed by atoms with E-state index in [9.17, 15) is 9.59 Å². The van der Waals surface area contributed by atoms with E-state index in [-0.39, 0.29) is 42.1 Å². The summed E-state index contributed by atoms with van der Waals surface area (Å²) in [6.07, 6.45) is 3.83. The first-order valence-corrected chi connectivity index (χ1v) is 6.44. The number of imide groups is 1. The minimum Gasteiger partial charge on any atom is -1.00 e. The van der Waals surface area contributed by atoms with Crippen LogP contribution in [0.3, 0.4) is 0 Å². The monoisotopic (exact) mass is 258 g/mol. The number of hydrogen-bond donors (Lipinski definition) is 1. The Morgan fingerprint density at radius 3 is 2.71 bits per heavy atom. The average Bonchev–Trinajstić information content (AvgIpc) is 2.96. The van der Waals surface area contributed by atoms with Gasteiger partial charge in [0.05, 0.1) is 18.5 Å². The number of carbonyl (C=O) groups excluding carboxylic acids is 2. The number of carbonyl (C=O) groups is 2. The van der Waals surface area contributed by atoms with Crippen LogP contribution in [0, 0.1) is 11.8 Å². The Morgan fingerprint density at radius 2 is 2.12 bits per heavy atom. The molecule has 17 heavy (non-hydrogen) atoms. The first-order chi connectivity index (χ1) is 7.74. The second-order valence-corrected chi connectivity index (χ2v) is 5.29. The first kappa shape index (κ1) is 12.8. The third kappa shape index (κ3) is 1.87. The second kappa shape index (κ2) is 4.58. The molecule has 5 heteroatoms. The van der Waals surface area contributed by atoms with Gasteiger partial charge in [0.15, 0.2) is 0 Å². The molecule has 0 aromatic heterocycles. The van der Waals surface area contributed by atoms with Crippen molar-refractivity contribution in [2.24, 2.45) is 11.8 Å². The van der Waals surface area contributed by atoms with E-state index in [0.717, 1.165) is 32.2 Å². The minimum atomic E-state index is 0. The Balaban J connectivity index is 0.00000108. The molecule has 1 aliphatic carbocycles. The molecule has 3 aliphatic rings. The Bertz CT molecular complexity index is 343. The van der Waals surface area contributed by atoms with Gasteiger partial charge in [0.25, 0.3) is 0 Å². The maximum Gasteiger partial charge on any atom is 0.238 e. The lowest BCUT2D eigenvalue weighted by Crippen LogP contribution is -3.00. The lowest BCUT2D eigenvalue weighted by molar-refractivity contribution is -0.674. The van der Waals surface area contributed by atoms with Gasteiger partial charge in [-0.15, -0.1) is 0 Å². The fraction of sp³-hybridized carbons (Fsp3) is 0.833. The van der Waals surface area contributed by atoms with E-state index in [1.54, 1.807) is 4.90 Å². The summed E-state index contributed by atoms with van der Waals surface area (Å²) in [4.78, 5) is 25.9. The Morgan fingerprint density at radius 1 is 1.41 bits per heavy atom. The average molecular weight is 259 g/mol. The van der Waals surface area contributed by atoms with Gasteiger partial charge in [-0.25, -0.2) is 0 Å². The van der Waals surface area contributed by atoms with Gasteiger partial charge < -0.3 is 17.7 Å². The molecule has 3 fully saturated rings. The standard InChI is InChI=1S/C12H18N2O2.ClH/c1-2-8-10-9(5-6-13-10)14(12(8)16)11(15)7-3-4-7;/h7-10,13H,2-6H2,1H3;1H/t8-,9-,10+;/m0./s1. The summed E-state index contributed by atoms with van der Waals surface area (Å²) in [5.74, 6) is 0.465. The van der Waals surface area contributed by atoms with Crippen molar-refractivity contribution in [1.82, 2.24) is 4.90 Å². The van der Waals surface area contributed by atoms with Crippen molar-refractivity contribution < 1.29 is 27.3 Å². The highest BCUT2D eigenvalue weighted by atomic mass is 35.5. The summed E-state index contributed by atoms with van der Waals surface area (Å²) >= 11 is 0. The number of quaternary nitrogens is 1. The van der Waals surface area contributed by atoms with Crippen molar-refractivity contribution in [2.45, 2.75) is 44.7 Å². The lowest BCUT2D eigenvalue weighted by Gasteiger charge is -2.19. The van der Waals surface area contributed by atoms with Crippen molar-refractivity contribution in [2.75, 3.05) is 6.54 Å². The van der Waals surface area contributed by atoms with Crippen LogP contribution < -0.4 is 17.7 Å². The predicted molar refractivity (Wildman–Crippen MR) is 57.3 cm³/mol. The zero-order valence-electron chi connectivity index (χ0n) is 10.1. The van der Waals surface area contributed by atoms with E-state index in [0.29, 0.717) is 6.04 Å². The highest BCUT2D eigenvalue weighted by molar-refractivity contribution is 6.00. The van der Waals surface area contributed by atoms with Crippen LogP contribution >= 0.6 is 0 Å². The zero-order valence-corrected chi connectivity index (χ0v) is 10.8. The molecule has 0 aromatic carbocycles. The predicted octanol–water partition coefficient (Wildman–Crippen LogP) is -3.50. The second-order valence-electron chi connectivity index (χ2n) is 5.29. The summed E-state index contributed by atoms with van der Waals surface area (Å²) in [5, 5.41) is 2.26. The quantitative estimate of drug-likeness (QED) is 0.523. The molecule has 3 atom stereocenters. The summed E-state index contributed by atoms with van der Waals surface area (Å²) in [7, 11) is 0. The van der Waals surface area contributed by atoms with Crippen LogP contribution in [-0.2, 0) is 9.59 Å². The van der Waals surface area contributed by atoms with Gasteiger partial charge in [-0.1, -0.05) is 6.92 Å². The first-order valence-electron chi connectivity index (χ1n) is 6.44. The van der Waals surface area contributed by atoms with Crippen molar-refractivity contribution in [1.29, 1.82) is 0 Å². The van der Waals surface area contributed by atoms with Crippen LogP contribution in [0.4, 0.5) is 0 Å². The van der Waals surface area contributed by atoms with Gasteiger partial charge in [0, 0.05) is 12.3 Å². The molecule has 2 saturated heterocycles. The smallest absolute Gasteiger partial charge is 0.238 e. The van der Waals surface area contributed by atoms with E-state index in [4.69, 9.17) is 0 Å². The van der Waals surface area contributed by atoms with Crippen LogP contribution in [0.15, 0.2) is 0 Å². The molecule has 3 rings (SSSR count). The highest BCUT2D eigenvalue weighted by Crippen LogP contribution is 2.37. The largest absolute Gasteiger partial charge is 1.00 e. The number of nitrogens with zero attached hydrogens (tertiary/aromatic N) is 1. The van der Waals surface area contributed by atoms with Crippen molar-refractivity contribution in [3.8, 4) is 0 Å². The van der Waals surface area contributed by atoms with Gasteiger partial charge in [0.2, 0.25) is 11.8 Å². The van der Waals surface area contributed by atoms with E-state index in [2.05, 4.69) is 12.2 Å². The summed E-state index contributed by atoms with van der Waals surface area (Å²) < 4.78 is 0. The van der Waals surface area contributed by atoms with Gasteiger partial charge in [0.1, 0.15) is 6.04 Å². The Labute approximate surface area is 108 Å². The van der Waals surface area contributed by atoms with E-state index >= 15 is 0 Å². The van der Waals surface area contributed by atoms with E-state index in [1.165, 1.54) is 0 Å². The maximum atomic E-state index is 12.2. The molecule has 96 valence electrons. The summed E-state index contributed by atoms with van der Waals surface area (Å²) in [6.45, 7) is 3.12. The molecular weight excluding hydrogens is 240 g/mol. The number of nitrogens with two attached hydrogens (primary N) is 1. The molecule has 0 unspecified atom stereocenters. The van der Waals surface area contributed by atoms with E-state index < -0.39 is 0 Å². The third-order valence-corrected chi connectivity index (χ3v) is 4.30. The van der Waals surface area contributed by atoms with Gasteiger partial charge in [-0.3, -0.25) is 14.5 Å². The van der Waals surface area contributed by atoms with Crippen LogP contribution in [0.2, 0.25) is 0 Å². The fourth-order valence-electron chi connectivity index (χ4n) is 3.30. The van der Waals surface area contributed by atoms with Crippen LogP contribution in [-0.4, -0.2) is 35.3 Å².